The van der Waals surface area contributed by atoms with Crippen LogP contribution >= 0.6 is 0 Å². The van der Waals surface area contributed by atoms with Crippen molar-refractivity contribution in [3.8, 4) is 17.2 Å². The first-order chi connectivity index (χ1) is 10.1. The lowest BCUT2D eigenvalue weighted by atomic mass is 9.93. The van der Waals surface area contributed by atoms with Crippen LogP contribution in [-0.2, 0) is 0 Å². The van der Waals surface area contributed by atoms with Gasteiger partial charge in [-0.2, -0.15) is 5.26 Å². The van der Waals surface area contributed by atoms with E-state index in [0.29, 0.717) is 5.56 Å². The second-order valence-electron chi connectivity index (χ2n) is 4.73. The smallest absolute Gasteiger partial charge is 0.335 e. The first kappa shape index (κ1) is 14.5. The van der Waals surface area contributed by atoms with Gasteiger partial charge in [-0.15, -0.1) is 0 Å². The van der Waals surface area contributed by atoms with Gasteiger partial charge in [-0.1, -0.05) is 24.3 Å². The van der Waals surface area contributed by atoms with Crippen LogP contribution < -0.4 is 0 Å². The van der Waals surface area contributed by atoms with Crippen LogP contribution in [0.15, 0.2) is 42.5 Å². The number of hydrogen-bond acceptors (Lipinski definition) is 2. The molecule has 0 bridgehead atoms. The maximum atomic E-state index is 10.9. The highest BCUT2D eigenvalue weighted by molar-refractivity contribution is 5.88. The quantitative estimate of drug-likeness (QED) is 0.911. The molecule has 0 spiro atoms. The molecule has 3 nitrogen and oxygen atoms in total. The van der Waals surface area contributed by atoms with Gasteiger partial charge >= 0.3 is 5.97 Å². The molecule has 2 aromatic carbocycles. The average Bonchev–Trinajstić information content (AvgIpc) is 2.49. The Morgan fingerprint density at radius 1 is 1.24 bits per heavy atom. The summed E-state index contributed by atoms with van der Waals surface area (Å²) in [5.41, 5.74) is 4.75. The third kappa shape index (κ3) is 3.01. The summed E-state index contributed by atoms with van der Waals surface area (Å²) in [5.74, 6) is -0.946. The van der Waals surface area contributed by atoms with Gasteiger partial charge in [0.15, 0.2) is 0 Å². The zero-order chi connectivity index (χ0) is 15.4. The third-order valence-electron chi connectivity index (χ3n) is 3.37. The molecule has 2 aromatic rings. The lowest BCUT2D eigenvalue weighted by Crippen LogP contribution is -1.96. The molecule has 104 valence electrons. The second kappa shape index (κ2) is 6.06. The Labute approximate surface area is 123 Å². The zero-order valence-corrected chi connectivity index (χ0v) is 11.9. The van der Waals surface area contributed by atoms with Crippen LogP contribution in [-0.4, -0.2) is 11.1 Å². The fourth-order valence-corrected chi connectivity index (χ4v) is 2.25. The molecule has 0 radical (unpaired) electrons. The Kier molecular flexibility index (Phi) is 4.20. The van der Waals surface area contributed by atoms with Gasteiger partial charge in [0.05, 0.1) is 17.2 Å². The molecule has 21 heavy (non-hydrogen) atoms. The number of nitrogens with zero attached hydrogens (tertiary/aromatic N) is 1. The molecule has 0 saturated carbocycles. The van der Waals surface area contributed by atoms with Crippen molar-refractivity contribution < 1.29 is 9.90 Å². The molecule has 0 aliphatic heterocycles. The molecule has 1 N–H and O–H groups in total. The predicted molar refractivity (Wildman–Crippen MR) is 83.0 cm³/mol. The van der Waals surface area contributed by atoms with Crippen LogP contribution in [0.3, 0.4) is 0 Å². The molecule has 0 aliphatic carbocycles. The van der Waals surface area contributed by atoms with Crippen molar-refractivity contribution >= 4 is 12.0 Å². The molecule has 0 atom stereocenters. The van der Waals surface area contributed by atoms with E-state index in [0.717, 1.165) is 22.3 Å². The molecule has 0 aliphatic rings. The monoisotopic (exact) mass is 277 g/mol. The van der Waals surface area contributed by atoms with Crippen molar-refractivity contribution in [2.75, 3.05) is 0 Å². The highest BCUT2D eigenvalue weighted by Gasteiger charge is 2.09. The number of carbonyl (C=O) groups is 1. The first-order valence-corrected chi connectivity index (χ1v) is 6.58. The molecule has 0 saturated heterocycles. The van der Waals surface area contributed by atoms with Gasteiger partial charge in [-0.05, 0) is 60.4 Å². The van der Waals surface area contributed by atoms with Gasteiger partial charge in [0.1, 0.15) is 0 Å². The van der Waals surface area contributed by atoms with Gasteiger partial charge in [0, 0.05) is 0 Å². The van der Waals surface area contributed by atoms with E-state index in [4.69, 9.17) is 10.4 Å². The van der Waals surface area contributed by atoms with Crippen LogP contribution in [0.25, 0.3) is 17.2 Å². The van der Waals surface area contributed by atoms with E-state index in [2.05, 4.69) is 6.07 Å². The fourth-order valence-electron chi connectivity index (χ4n) is 2.25. The molecular formula is C18H15NO2. The number of rotatable bonds is 3. The second-order valence-corrected chi connectivity index (χ2v) is 4.73. The highest BCUT2D eigenvalue weighted by atomic mass is 16.4. The predicted octanol–water partition coefficient (Wildman–Crippen LogP) is 4.27. The van der Waals surface area contributed by atoms with E-state index >= 15 is 0 Å². The molecular weight excluding hydrogens is 262 g/mol. The molecule has 0 heterocycles. The largest absolute Gasteiger partial charge is 0.478 e. The van der Waals surface area contributed by atoms with Crippen molar-refractivity contribution in [1.82, 2.24) is 0 Å². The Morgan fingerprint density at radius 3 is 2.43 bits per heavy atom. The highest BCUT2D eigenvalue weighted by Crippen LogP contribution is 2.28. The van der Waals surface area contributed by atoms with Crippen LogP contribution in [0.2, 0.25) is 0 Å². The van der Waals surface area contributed by atoms with Crippen LogP contribution in [0, 0.1) is 18.3 Å². The van der Waals surface area contributed by atoms with Crippen molar-refractivity contribution in [1.29, 1.82) is 5.26 Å². The molecule has 0 aromatic heterocycles. The summed E-state index contributed by atoms with van der Waals surface area (Å²) in [5, 5.41) is 18.1. The minimum absolute atomic E-state index is 0.251. The summed E-state index contributed by atoms with van der Waals surface area (Å²) < 4.78 is 0. The lowest BCUT2D eigenvalue weighted by Gasteiger charge is -2.11. The summed E-state index contributed by atoms with van der Waals surface area (Å²) in [4.78, 5) is 10.9. The standard InChI is InChI=1S/C18H15NO2/c1-3-4-16-9-13(11-19)10-17(12(16)2)14-5-7-15(8-6-14)18(20)21/h3-10H,1-2H3,(H,20,21)/b4-3-. The Balaban J connectivity index is 2.60. The lowest BCUT2D eigenvalue weighted by molar-refractivity contribution is 0.0697. The number of carboxylic acids is 1. The Hall–Kier alpha value is -2.86. The molecule has 0 amide bonds. The number of carboxylic acid groups (broad SMARTS) is 1. The summed E-state index contributed by atoms with van der Waals surface area (Å²) in [6.07, 6.45) is 3.89. The Morgan fingerprint density at radius 2 is 1.90 bits per heavy atom. The van der Waals surface area contributed by atoms with Gasteiger partial charge in [0.25, 0.3) is 0 Å². The topological polar surface area (TPSA) is 61.1 Å². The maximum absolute atomic E-state index is 10.9. The minimum Gasteiger partial charge on any atom is -0.478 e. The normalized spacial score (nSPS) is 10.5. The van der Waals surface area contributed by atoms with E-state index in [1.807, 2.05) is 38.1 Å². The van der Waals surface area contributed by atoms with Crippen molar-refractivity contribution in [2.24, 2.45) is 0 Å². The van der Waals surface area contributed by atoms with E-state index in [9.17, 15) is 4.79 Å². The molecule has 0 fully saturated rings. The van der Waals surface area contributed by atoms with Crippen LogP contribution in [0.4, 0.5) is 0 Å². The molecule has 3 heteroatoms. The Bertz CT molecular complexity index is 750. The van der Waals surface area contributed by atoms with Gasteiger partial charge in [-0.3, -0.25) is 0 Å². The number of hydrogen-bond donors (Lipinski definition) is 1. The zero-order valence-electron chi connectivity index (χ0n) is 11.9. The summed E-state index contributed by atoms with van der Waals surface area (Å²) in [6.45, 7) is 3.93. The minimum atomic E-state index is -0.946. The number of allylic oxidation sites excluding steroid dienone is 1. The maximum Gasteiger partial charge on any atom is 0.335 e. The van der Waals surface area contributed by atoms with Crippen LogP contribution in [0.1, 0.15) is 34.0 Å². The average molecular weight is 277 g/mol. The summed E-state index contributed by atoms with van der Waals surface area (Å²) in [6, 6.07) is 12.5. The summed E-state index contributed by atoms with van der Waals surface area (Å²) in [7, 11) is 0. The van der Waals surface area contributed by atoms with Crippen LogP contribution in [0.5, 0.6) is 0 Å². The van der Waals surface area contributed by atoms with E-state index < -0.39 is 5.97 Å². The van der Waals surface area contributed by atoms with Gasteiger partial charge in [-0.25, -0.2) is 4.79 Å². The molecule has 0 unspecified atom stereocenters. The first-order valence-electron chi connectivity index (χ1n) is 6.58. The van der Waals surface area contributed by atoms with Crippen molar-refractivity contribution in [3.63, 3.8) is 0 Å². The summed E-state index contributed by atoms with van der Waals surface area (Å²) >= 11 is 0. The van der Waals surface area contributed by atoms with Gasteiger partial charge < -0.3 is 5.11 Å². The fraction of sp³-hybridized carbons (Fsp3) is 0.111. The number of benzene rings is 2. The van der Waals surface area contributed by atoms with Crippen molar-refractivity contribution in [2.45, 2.75) is 13.8 Å². The number of nitriles is 1. The third-order valence-corrected chi connectivity index (χ3v) is 3.37. The van der Waals surface area contributed by atoms with E-state index in [1.54, 1.807) is 24.3 Å². The number of aromatic carboxylic acids is 1. The van der Waals surface area contributed by atoms with Gasteiger partial charge in [0.2, 0.25) is 0 Å². The molecule has 2 rings (SSSR count). The van der Waals surface area contributed by atoms with E-state index in [-0.39, 0.29) is 5.56 Å². The van der Waals surface area contributed by atoms with E-state index in [1.165, 1.54) is 0 Å². The SMILES string of the molecule is C/C=C\c1cc(C#N)cc(-c2ccc(C(=O)O)cc2)c1C. The van der Waals surface area contributed by atoms with Crippen molar-refractivity contribution in [3.05, 3.63) is 64.7 Å².